The highest BCUT2D eigenvalue weighted by atomic mass is 32.2. The second-order valence-corrected chi connectivity index (χ2v) is 5.37. The van der Waals surface area contributed by atoms with Crippen LogP contribution < -0.4 is 0 Å². The van der Waals surface area contributed by atoms with Crippen molar-refractivity contribution in [2.24, 2.45) is 0 Å². The summed E-state index contributed by atoms with van der Waals surface area (Å²) in [5, 5.41) is 9.75. The van der Waals surface area contributed by atoms with Crippen LogP contribution >= 0.6 is 0 Å². The Labute approximate surface area is 128 Å². The van der Waals surface area contributed by atoms with E-state index in [9.17, 15) is 13.2 Å². The molecule has 0 amide bonds. The van der Waals surface area contributed by atoms with E-state index in [4.69, 9.17) is 5.11 Å². The number of sulfone groups is 1. The number of aliphatic carboxylic acids is 1. The molecule has 1 rings (SSSR count). The number of carbonyl (C=O) groups is 1. The minimum Gasteiger partial charge on any atom is -0.481 e. The molecular weight excluding hydrogens is 288 g/mol. The molecule has 0 bridgehead atoms. The highest BCUT2D eigenvalue weighted by Gasteiger charge is 2.10. The van der Waals surface area contributed by atoms with E-state index in [1.54, 1.807) is 6.08 Å². The van der Waals surface area contributed by atoms with Gasteiger partial charge in [-0.2, -0.15) is 0 Å². The fourth-order valence-corrected chi connectivity index (χ4v) is 2.39. The maximum absolute atomic E-state index is 11.7. The summed E-state index contributed by atoms with van der Waals surface area (Å²) in [5.74, 6) is -0.938. The average molecular weight is 314 g/mol. The molecule has 0 saturated carbocycles. The van der Waals surface area contributed by atoms with Crippen molar-refractivity contribution < 1.29 is 18.3 Å². The lowest BCUT2D eigenvalue weighted by Crippen LogP contribution is -2.01. The molecule has 0 aliphatic rings. The Morgan fingerprint density at radius 1 is 1.10 bits per heavy atom. The van der Waals surface area contributed by atoms with Gasteiger partial charge in [0.1, 0.15) is 0 Å². The van der Waals surface area contributed by atoms with Gasteiger partial charge in [0.2, 0.25) is 0 Å². The van der Waals surface area contributed by atoms with Crippen LogP contribution in [0.3, 0.4) is 0 Å². The standard InChI is InChI=1S/C12H14O4S.2C2H6/c1-2-3-8-17(15,16)11-6-4-10(5-7-11)9-12(13)14;2*1-2/h3-8H,2,9H2,1H3,(H,13,14);2*1-2H3/b8-3+;;. The zero-order valence-corrected chi connectivity index (χ0v) is 14.3. The molecule has 0 aliphatic heterocycles. The van der Waals surface area contributed by atoms with E-state index in [1.165, 1.54) is 29.7 Å². The second-order valence-electron chi connectivity index (χ2n) is 3.54. The third kappa shape index (κ3) is 9.02. The average Bonchev–Trinajstić information content (AvgIpc) is 2.49. The highest BCUT2D eigenvalue weighted by molar-refractivity contribution is 7.94. The summed E-state index contributed by atoms with van der Waals surface area (Å²) in [7, 11) is -3.40. The third-order valence-corrected chi connectivity index (χ3v) is 3.60. The number of hydrogen-bond acceptors (Lipinski definition) is 3. The summed E-state index contributed by atoms with van der Waals surface area (Å²) in [6.45, 7) is 9.85. The van der Waals surface area contributed by atoms with Crippen molar-refractivity contribution in [1.29, 1.82) is 0 Å². The van der Waals surface area contributed by atoms with Crippen LogP contribution in [0.4, 0.5) is 0 Å². The predicted octanol–water partition coefficient (Wildman–Crippen LogP) is 4.06. The minimum absolute atomic E-state index is 0.106. The molecule has 120 valence electrons. The summed E-state index contributed by atoms with van der Waals surface area (Å²) in [5.41, 5.74) is 0.580. The molecule has 1 N–H and O–H groups in total. The van der Waals surface area contributed by atoms with Gasteiger partial charge < -0.3 is 5.11 Å². The largest absolute Gasteiger partial charge is 0.481 e. The Balaban J connectivity index is 0. The normalized spacial score (nSPS) is 10.1. The molecule has 4 nitrogen and oxygen atoms in total. The number of allylic oxidation sites excluding steroid dienone is 1. The van der Waals surface area contributed by atoms with Gasteiger partial charge >= 0.3 is 5.97 Å². The Kier molecular flexibility index (Phi) is 12.5. The van der Waals surface area contributed by atoms with Gasteiger partial charge in [0, 0.05) is 5.41 Å². The number of rotatable bonds is 5. The zero-order valence-electron chi connectivity index (χ0n) is 13.5. The van der Waals surface area contributed by atoms with Gasteiger partial charge in [0.25, 0.3) is 0 Å². The molecule has 5 heteroatoms. The monoisotopic (exact) mass is 314 g/mol. The topological polar surface area (TPSA) is 71.4 Å². The molecule has 0 fully saturated rings. The molecule has 0 aromatic heterocycles. The summed E-state index contributed by atoms with van der Waals surface area (Å²) in [6, 6.07) is 5.88. The van der Waals surface area contributed by atoms with E-state index in [2.05, 4.69) is 0 Å². The fraction of sp³-hybridized carbons (Fsp3) is 0.438. The first-order valence-corrected chi connectivity index (χ1v) is 8.72. The Bertz CT molecular complexity index is 514. The molecule has 0 spiro atoms. The first kappa shape index (κ1) is 21.7. The van der Waals surface area contributed by atoms with Crippen LogP contribution in [0.5, 0.6) is 0 Å². The summed E-state index contributed by atoms with van der Waals surface area (Å²) >= 11 is 0. The van der Waals surface area contributed by atoms with Crippen molar-refractivity contribution in [2.75, 3.05) is 0 Å². The van der Waals surface area contributed by atoms with Crippen LogP contribution in [0.15, 0.2) is 40.6 Å². The number of hydrogen-bond donors (Lipinski definition) is 1. The summed E-state index contributed by atoms with van der Waals surface area (Å²) in [4.78, 5) is 10.6. The predicted molar refractivity (Wildman–Crippen MR) is 87.1 cm³/mol. The molecule has 1 aromatic rings. The molecule has 21 heavy (non-hydrogen) atoms. The van der Waals surface area contributed by atoms with Crippen molar-refractivity contribution in [1.82, 2.24) is 0 Å². The van der Waals surface area contributed by atoms with Gasteiger partial charge in [0.05, 0.1) is 11.3 Å². The van der Waals surface area contributed by atoms with Crippen LogP contribution in [-0.4, -0.2) is 19.5 Å². The second kappa shape index (κ2) is 12.1. The minimum atomic E-state index is -3.40. The lowest BCUT2D eigenvalue weighted by Gasteiger charge is -2.01. The van der Waals surface area contributed by atoms with Gasteiger partial charge in [-0.15, -0.1) is 0 Å². The third-order valence-electron chi connectivity index (χ3n) is 2.12. The van der Waals surface area contributed by atoms with Crippen molar-refractivity contribution >= 4 is 15.8 Å². The lowest BCUT2D eigenvalue weighted by molar-refractivity contribution is -0.136. The van der Waals surface area contributed by atoms with Crippen LogP contribution in [0, 0.1) is 0 Å². The molecule has 0 unspecified atom stereocenters. The molecule has 0 aliphatic carbocycles. The fourth-order valence-electron chi connectivity index (χ4n) is 1.27. The number of benzene rings is 1. The smallest absolute Gasteiger partial charge is 0.307 e. The van der Waals surface area contributed by atoms with E-state index in [1.807, 2.05) is 34.6 Å². The molecule has 0 radical (unpaired) electrons. The molecule has 0 heterocycles. The van der Waals surface area contributed by atoms with Crippen molar-refractivity contribution in [3.05, 3.63) is 41.3 Å². The van der Waals surface area contributed by atoms with Crippen LogP contribution in [-0.2, 0) is 21.1 Å². The van der Waals surface area contributed by atoms with Gasteiger partial charge in [-0.25, -0.2) is 8.42 Å². The Morgan fingerprint density at radius 2 is 1.57 bits per heavy atom. The van der Waals surface area contributed by atoms with E-state index >= 15 is 0 Å². The maximum Gasteiger partial charge on any atom is 0.307 e. The first-order chi connectivity index (χ1) is 9.95. The van der Waals surface area contributed by atoms with Gasteiger partial charge in [-0.05, 0) is 24.1 Å². The van der Waals surface area contributed by atoms with E-state index < -0.39 is 15.8 Å². The van der Waals surface area contributed by atoms with Crippen LogP contribution in [0.2, 0.25) is 0 Å². The van der Waals surface area contributed by atoms with Gasteiger partial charge in [-0.3, -0.25) is 4.79 Å². The van der Waals surface area contributed by atoms with E-state index in [-0.39, 0.29) is 11.3 Å². The molecular formula is C16H26O4S. The van der Waals surface area contributed by atoms with Gasteiger partial charge in [0.15, 0.2) is 9.84 Å². The number of carboxylic acids is 1. The first-order valence-electron chi connectivity index (χ1n) is 7.18. The molecule has 1 aromatic carbocycles. The summed E-state index contributed by atoms with van der Waals surface area (Å²) < 4.78 is 23.4. The Morgan fingerprint density at radius 3 is 1.95 bits per heavy atom. The van der Waals surface area contributed by atoms with Crippen molar-refractivity contribution in [3.63, 3.8) is 0 Å². The van der Waals surface area contributed by atoms with Crippen molar-refractivity contribution in [3.8, 4) is 0 Å². The quantitative estimate of drug-likeness (QED) is 0.889. The van der Waals surface area contributed by atoms with E-state index in [0.29, 0.717) is 12.0 Å². The van der Waals surface area contributed by atoms with Crippen molar-refractivity contribution in [2.45, 2.75) is 52.4 Å². The van der Waals surface area contributed by atoms with E-state index in [0.717, 1.165) is 0 Å². The lowest BCUT2D eigenvalue weighted by atomic mass is 10.2. The SMILES string of the molecule is CC.CC.CC/C=C/S(=O)(=O)c1ccc(CC(=O)O)cc1. The Hall–Kier alpha value is -1.62. The summed E-state index contributed by atoms with van der Waals surface area (Å²) in [6.07, 6.45) is 2.11. The van der Waals surface area contributed by atoms with Gasteiger partial charge in [-0.1, -0.05) is 52.8 Å². The number of carboxylic acid groups (broad SMARTS) is 1. The van der Waals surface area contributed by atoms with Crippen LogP contribution in [0.1, 0.15) is 46.6 Å². The highest BCUT2D eigenvalue weighted by Crippen LogP contribution is 2.14. The zero-order chi connectivity index (χ0) is 16.9. The van der Waals surface area contributed by atoms with Crippen LogP contribution in [0.25, 0.3) is 0 Å². The molecule has 0 saturated heterocycles. The molecule has 0 atom stereocenters. The maximum atomic E-state index is 11.7.